The minimum absolute atomic E-state index is 0.197. The number of rotatable bonds is 7. The zero-order valence-electron chi connectivity index (χ0n) is 27.8. The highest BCUT2D eigenvalue weighted by molar-refractivity contribution is 6.05. The van der Waals surface area contributed by atoms with E-state index in [9.17, 15) is 19.5 Å². The third-order valence-corrected chi connectivity index (χ3v) is 10.9. The van der Waals surface area contributed by atoms with Crippen molar-refractivity contribution < 1.29 is 24.2 Å². The first-order valence-corrected chi connectivity index (χ1v) is 17.4. The molecular formula is C38H42N6O5. The number of carbonyl (C=O) groups is 3. The van der Waals surface area contributed by atoms with Crippen LogP contribution in [0.15, 0.2) is 66.9 Å². The molecule has 1 unspecified atom stereocenters. The molecule has 3 saturated heterocycles. The van der Waals surface area contributed by atoms with Crippen molar-refractivity contribution in [1.29, 1.82) is 0 Å². The summed E-state index contributed by atoms with van der Waals surface area (Å²) < 4.78 is 8.21. The first kappa shape index (κ1) is 31.5. The van der Waals surface area contributed by atoms with E-state index in [1.54, 1.807) is 11.0 Å². The molecule has 3 fully saturated rings. The number of amides is 3. The van der Waals surface area contributed by atoms with E-state index in [-0.39, 0.29) is 24.3 Å². The lowest BCUT2D eigenvalue weighted by Gasteiger charge is -2.39. The van der Waals surface area contributed by atoms with Gasteiger partial charge in [0.25, 0.3) is 5.91 Å². The van der Waals surface area contributed by atoms with Gasteiger partial charge in [-0.15, -0.1) is 0 Å². The fourth-order valence-corrected chi connectivity index (χ4v) is 7.94. The van der Waals surface area contributed by atoms with Gasteiger partial charge in [-0.05, 0) is 72.4 Å². The number of nitrogens with one attached hydrogen (secondary N) is 1. The second-order valence-electron chi connectivity index (χ2n) is 14.0. The largest absolute Gasteiger partial charge is 0.490 e. The van der Waals surface area contributed by atoms with Crippen LogP contribution in [0.4, 0.5) is 5.69 Å². The van der Waals surface area contributed by atoms with Gasteiger partial charge in [-0.1, -0.05) is 24.3 Å². The second kappa shape index (κ2) is 12.6. The van der Waals surface area contributed by atoms with E-state index in [1.165, 1.54) is 11.3 Å². The number of carbonyl (C=O) groups excluding carboxylic acids is 3. The van der Waals surface area contributed by atoms with Crippen LogP contribution in [-0.4, -0.2) is 80.7 Å². The lowest BCUT2D eigenvalue weighted by Crippen LogP contribution is -2.52. The van der Waals surface area contributed by atoms with E-state index in [2.05, 4.69) is 56.6 Å². The van der Waals surface area contributed by atoms with E-state index in [4.69, 9.17) is 4.74 Å². The lowest BCUT2D eigenvalue weighted by atomic mass is 9.83. The smallest absolute Gasteiger partial charge is 0.255 e. The molecule has 5 heterocycles. The standard InChI is InChI=1S/C38H42N6O5/c1-41-33-9-7-31(21-26(33)22-39-41)49-30-12-16-43(17-13-30)29-5-2-25(3-6-29)23-42-18-14-38(48,15-19-42)28-4-8-32-27(20-28)24-44(37(32)47)34-10-11-35(45)40-36(34)46/h2-9,20-22,30,34,48H,10-19,23-24H2,1H3,(H,40,45,46). The predicted molar refractivity (Wildman–Crippen MR) is 184 cm³/mol. The maximum atomic E-state index is 13.1. The first-order valence-electron chi connectivity index (χ1n) is 17.4. The number of imide groups is 1. The molecule has 4 aliphatic rings. The highest BCUT2D eigenvalue weighted by Gasteiger charge is 2.41. The Morgan fingerprint density at radius 2 is 1.71 bits per heavy atom. The number of aryl methyl sites for hydroxylation is 1. The predicted octanol–water partition coefficient (Wildman–Crippen LogP) is 3.87. The highest BCUT2D eigenvalue weighted by Crippen LogP contribution is 2.37. The Labute approximate surface area is 285 Å². The number of aromatic nitrogens is 2. The molecule has 3 aromatic carbocycles. The van der Waals surface area contributed by atoms with E-state index in [0.29, 0.717) is 31.4 Å². The molecule has 3 amide bonds. The molecule has 8 rings (SSSR count). The summed E-state index contributed by atoms with van der Waals surface area (Å²) in [5.74, 6) is -0.00784. The number of ether oxygens (including phenoxy) is 1. The molecule has 4 aromatic rings. The van der Waals surface area contributed by atoms with Gasteiger partial charge < -0.3 is 19.6 Å². The molecule has 1 atom stereocenters. The molecule has 11 nitrogen and oxygen atoms in total. The number of aliphatic hydroxyl groups is 1. The zero-order valence-corrected chi connectivity index (χ0v) is 27.8. The van der Waals surface area contributed by atoms with Crippen LogP contribution in [0.5, 0.6) is 5.75 Å². The number of fused-ring (bicyclic) bond motifs is 2. The molecule has 0 aliphatic carbocycles. The Morgan fingerprint density at radius 3 is 2.47 bits per heavy atom. The van der Waals surface area contributed by atoms with Gasteiger partial charge in [-0.25, -0.2) is 0 Å². The van der Waals surface area contributed by atoms with E-state index >= 15 is 0 Å². The van der Waals surface area contributed by atoms with Crippen molar-refractivity contribution in [1.82, 2.24) is 24.9 Å². The molecule has 49 heavy (non-hydrogen) atoms. The Hall–Kier alpha value is -4.74. The summed E-state index contributed by atoms with van der Waals surface area (Å²) in [6.07, 6.45) is 5.78. The summed E-state index contributed by atoms with van der Waals surface area (Å²) in [5, 5.41) is 19.5. The van der Waals surface area contributed by atoms with Crippen LogP contribution in [0.3, 0.4) is 0 Å². The number of likely N-dealkylation sites (tertiary alicyclic amines) is 1. The van der Waals surface area contributed by atoms with Gasteiger partial charge in [0.2, 0.25) is 11.8 Å². The third-order valence-electron chi connectivity index (χ3n) is 10.9. The van der Waals surface area contributed by atoms with E-state index < -0.39 is 17.6 Å². The normalized spacial score (nSPS) is 21.7. The number of benzene rings is 3. The molecule has 4 aliphatic heterocycles. The Kier molecular flexibility index (Phi) is 8.12. The van der Waals surface area contributed by atoms with Gasteiger partial charge in [-0.3, -0.25) is 29.3 Å². The highest BCUT2D eigenvalue weighted by atomic mass is 16.5. The maximum absolute atomic E-state index is 13.1. The van der Waals surface area contributed by atoms with Crippen LogP contribution in [0.2, 0.25) is 0 Å². The van der Waals surface area contributed by atoms with E-state index in [0.717, 1.165) is 73.3 Å². The van der Waals surface area contributed by atoms with Gasteiger partial charge in [0.1, 0.15) is 17.9 Å². The van der Waals surface area contributed by atoms with Crippen LogP contribution < -0.4 is 15.0 Å². The average molecular weight is 663 g/mol. The molecule has 0 radical (unpaired) electrons. The molecule has 11 heteroatoms. The van der Waals surface area contributed by atoms with Crippen molar-refractivity contribution >= 4 is 34.3 Å². The van der Waals surface area contributed by atoms with Crippen molar-refractivity contribution in [2.24, 2.45) is 7.05 Å². The maximum Gasteiger partial charge on any atom is 0.255 e. The Balaban J connectivity index is 0.823. The third kappa shape index (κ3) is 6.17. The van der Waals surface area contributed by atoms with E-state index in [1.807, 2.05) is 36.1 Å². The minimum atomic E-state index is -0.970. The Morgan fingerprint density at radius 1 is 0.939 bits per heavy atom. The monoisotopic (exact) mass is 662 g/mol. The summed E-state index contributed by atoms with van der Waals surface area (Å²) in [6, 6.07) is 20.0. The topological polar surface area (TPSA) is 120 Å². The molecular weight excluding hydrogens is 620 g/mol. The second-order valence-corrected chi connectivity index (χ2v) is 14.0. The molecule has 2 N–H and O–H groups in total. The summed E-state index contributed by atoms with van der Waals surface area (Å²) >= 11 is 0. The Bertz CT molecular complexity index is 1910. The summed E-state index contributed by atoms with van der Waals surface area (Å²) in [6.45, 7) is 4.57. The number of anilines is 1. The van der Waals surface area contributed by atoms with Crippen LogP contribution in [0, 0.1) is 0 Å². The van der Waals surface area contributed by atoms with Crippen LogP contribution in [0.25, 0.3) is 10.9 Å². The lowest BCUT2D eigenvalue weighted by molar-refractivity contribution is -0.136. The quantitative estimate of drug-likeness (QED) is 0.287. The van der Waals surface area contributed by atoms with Crippen molar-refractivity contribution in [2.75, 3.05) is 31.1 Å². The fourth-order valence-electron chi connectivity index (χ4n) is 7.94. The van der Waals surface area contributed by atoms with Crippen molar-refractivity contribution in [3.05, 3.63) is 89.1 Å². The number of piperidine rings is 3. The van der Waals surface area contributed by atoms with Crippen LogP contribution >= 0.6 is 0 Å². The van der Waals surface area contributed by atoms with Gasteiger partial charge in [0, 0.05) is 82.2 Å². The number of hydrogen-bond acceptors (Lipinski definition) is 8. The fraction of sp³-hybridized carbons (Fsp3) is 0.421. The van der Waals surface area contributed by atoms with Gasteiger partial charge >= 0.3 is 0 Å². The van der Waals surface area contributed by atoms with Crippen molar-refractivity contribution in [2.45, 2.75) is 69.4 Å². The summed E-state index contributed by atoms with van der Waals surface area (Å²) in [7, 11) is 1.95. The minimum Gasteiger partial charge on any atom is -0.490 e. The molecule has 1 aromatic heterocycles. The average Bonchev–Trinajstić information content (AvgIpc) is 3.64. The van der Waals surface area contributed by atoms with Gasteiger partial charge in [-0.2, -0.15) is 5.10 Å². The summed E-state index contributed by atoms with van der Waals surface area (Å²) in [4.78, 5) is 43.5. The molecule has 254 valence electrons. The zero-order chi connectivity index (χ0) is 33.7. The SMILES string of the molecule is Cn1ncc2cc(OC3CCN(c4ccc(CN5CCC(O)(c6ccc7c(c6)CN(C6CCC(=O)NC6=O)C7=O)CC5)cc4)CC3)ccc21. The number of hydrogen-bond donors (Lipinski definition) is 2. The molecule has 0 saturated carbocycles. The van der Waals surface area contributed by atoms with Crippen molar-refractivity contribution in [3.63, 3.8) is 0 Å². The summed E-state index contributed by atoms with van der Waals surface area (Å²) in [5.41, 5.74) is 4.82. The molecule has 0 bridgehead atoms. The van der Waals surface area contributed by atoms with Gasteiger partial charge in [0.15, 0.2) is 0 Å². The van der Waals surface area contributed by atoms with Crippen molar-refractivity contribution in [3.8, 4) is 5.75 Å². The first-order chi connectivity index (χ1) is 23.7. The van der Waals surface area contributed by atoms with Gasteiger partial charge in [0.05, 0.1) is 17.3 Å². The number of nitrogens with zero attached hydrogens (tertiary/aromatic N) is 5. The van der Waals surface area contributed by atoms with Crippen LogP contribution in [0.1, 0.15) is 65.6 Å². The van der Waals surface area contributed by atoms with Crippen LogP contribution in [-0.2, 0) is 35.3 Å². The molecule has 0 spiro atoms.